The highest BCUT2D eigenvalue weighted by molar-refractivity contribution is 9.11. The topological polar surface area (TPSA) is 40.5 Å². The SMILES string of the molecule is CC(C)(C)c1cc(O)c(Br)cc1Br.CC(C)(C)c1cccc(O)c1. The summed E-state index contributed by atoms with van der Waals surface area (Å²) in [6.07, 6.45) is 0. The molecule has 0 atom stereocenters. The largest absolute Gasteiger partial charge is 0.508 e. The summed E-state index contributed by atoms with van der Waals surface area (Å²) in [5.74, 6) is 0.630. The lowest BCUT2D eigenvalue weighted by atomic mass is 9.87. The molecule has 0 aliphatic carbocycles. The molecule has 0 unspecified atom stereocenters. The first-order chi connectivity index (χ1) is 10.8. The van der Waals surface area contributed by atoms with E-state index in [9.17, 15) is 10.2 Å². The van der Waals surface area contributed by atoms with Crippen molar-refractivity contribution < 1.29 is 10.2 Å². The van der Waals surface area contributed by atoms with Crippen molar-refractivity contribution in [3.8, 4) is 11.5 Å². The fourth-order valence-electron chi connectivity index (χ4n) is 2.08. The maximum Gasteiger partial charge on any atom is 0.130 e. The van der Waals surface area contributed by atoms with Gasteiger partial charge in [-0.25, -0.2) is 0 Å². The normalized spacial score (nSPS) is 11.7. The molecule has 2 N–H and O–H groups in total. The molecule has 0 heterocycles. The van der Waals surface area contributed by atoms with Crippen LogP contribution >= 0.6 is 31.9 Å². The molecule has 132 valence electrons. The molecule has 0 saturated carbocycles. The molecule has 2 nitrogen and oxygen atoms in total. The highest BCUT2D eigenvalue weighted by Gasteiger charge is 2.18. The molecule has 0 saturated heterocycles. The Kier molecular flexibility index (Phi) is 6.94. The number of phenolic OH excluding ortho intramolecular Hbond substituents is 2. The molecule has 0 amide bonds. The lowest BCUT2D eigenvalue weighted by Crippen LogP contribution is -2.11. The summed E-state index contributed by atoms with van der Waals surface area (Å²) in [7, 11) is 0. The summed E-state index contributed by atoms with van der Waals surface area (Å²) in [5.41, 5.74) is 2.43. The summed E-state index contributed by atoms with van der Waals surface area (Å²) in [4.78, 5) is 0. The Morgan fingerprint density at radius 3 is 1.75 bits per heavy atom. The predicted molar refractivity (Wildman–Crippen MR) is 109 cm³/mol. The molecule has 0 fully saturated rings. The zero-order valence-electron chi connectivity index (χ0n) is 15.1. The minimum atomic E-state index is 0.0387. The van der Waals surface area contributed by atoms with Crippen molar-refractivity contribution in [3.05, 3.63) is 56.5 Å². The average molecular weight is 458 g/mol. The van der Waals surface area contributed by atoms with Gasteiger partial charge in [-0.3, -0.25) is 0 Å². The molecule has 4 heteroatoms. The van der Waals surface area contributed by atoms with Crippen LogP contribution in [0.3, 0.4) is 0 Å². The van der Waals surface area contributed by atoms with Crippen molar-refractivity contribution in [1.82, 2.24) is 0 Å². The Morgan fingerprint density at radius 1 is 0.750 bits per heavy atom. The Morgan fingerprint density at radius 2 is 1.33 bits per heavy atom. The number of rotatable bonds is 0. The van der Waals surface area contributed by atoms with E-state index in [4.69, 9.17) is 0 Å². The van der Waals surface area contributed by atoms with Crippen molar-refractivity contribution in [2.45, 2.75) is 52.4 Å². The standard InChI is InChI=1S/C10H12Br2O.C10H14O/c1-10(2,3)6-4-9(13)8(12)5-7(6)11;1-10(2,3)8-5-4-6-9(11)7-8/h4-5,13H,1-3H3;4-7,11H,1-3H3. The molecule has 0 radical (unpaired) electrons. The van der Waals surface area contributed by atoms with Gasteiger partial charge in [0.2, 0.25) is 0 Å². The Bertz CT molecular complexity index is 696. The first-order valence-corrected chi connectivity index (χ1v) is 9.39. The summed E-state index contributed by atoms with van der Waals surface area (Å²) in [6, 6.07) is 11.1. The lowest BCUT2D eigenvalue weighted by molar-refractivity contribution is 0.467. The Balaban J connectivity index is 0.000000243. The molecule has 2 aromatic carbocycles. The van der Waals surface area contributed by atoms with Gasteiger partial charge in [0, 0.05) is 4.47 Å². The number of aromatic hydroxyl groups is 2. The van der Waals surface area contributed by atoms with Gasteiger partial charge in [0.05, 0.1) is 4.47 Å². The van der Waals surface area contributed by atoms with E-state index >= 15 is 0 Å². The molecule has 2 aromatic rings. The van der Waals surface area contributed by atoms with E-state index in [0.29, 0.717) is 10.2 Å². The smallest absolute Gasteiger partial charge is 0.130 e. The first-order valence-electron chi connectivity index (χ1n) is 7.80. The maximum atomic E-state index is 9.52. The summed E-state index contributed by atoms with van der Waals surface area (Å²) < 4.78 is 1.73. The quantitative estimate of drug-likeness (QED) is 0.451. The highest BCUT2D eigenvalue weighted by Crippen LogP contribution is 2.36. The van der Waals surface area contributed by atoms with Gasteiger partial charge in [-0.2, -0.15) is 0 Å². The zero-order valence-corrected chi connectivity index (χ0v) is 18.3. The summed E-state index contributed by atoms with van der Waals surface area (Å²) in [6.45, 7) is 12.7. The van der Waals surface area contributed by atoms with Crippen molar-refractivity contribution in [2.24, 2.45) is 0 Å². The van der Waals surface area contributed by atoms with Crippen LogP contribution in [-0.4, -0.2) is 10.2 Å². The number of hydrogen-bond acceptors (Lipinski definition) is 2. The third-order valence-corrected chi connectivity index (χ3v) is 4.85. The van der Waals surface area contributed by atoms with Gasteiger partial charge in [-0.05, 0) is 62.2 Å². The van der Waals surface area contributed by atoms with Gasteiger partial charge in [0.15, 0.2) is 0 Å². The number of benzene rings is 2. The second-order valence-corrected chi connectivity index (χ2v) is 9.54. The van der Waals surface area contributed by atoms with Crippen LogP contribution in [0.25, 0.3) is 0 Å². The first kappa shape index (κ1) is 21.0. The Hall–Kier alpha value is -1.00. The van der Waals surface area contributed by atoms with Gasteiger partial charge in [-0.15, -0.1) is 0 Å². The number of hydrogen-bond donors (Lipinski definition) is 2. The minimum absolute atomic E-state index is 0.0387. The zero-order chi connectivity index (χ0) is 18.7. The van der Waals surface area contributed by atoms with Crippen LogP contribution in [0.15, 0.2) is 45.3 Å². The van der Waals surface area contributed by atoms with Gasteiger partial charge >= 0.3 is 0 Å². The van der Waals surface area contributed by atoms with E-state index in [-0.39, 0.29) is 16.6 Å². The van der Waals surface area contributed by atoms with Crippen LogP contribution in [0.2, 0.25) is 0 Å². The maximum absolute atomic E-state index is 9.52. The molecule has 0 aromatic heterocycles. The van der Waals surface area contributed by atoms with Crippen molar-refractivity contribution in [2.75, 3.05) is 0 Å². The number of phenols is 2. The molecule has 0 aliphatic rings. The van der Waals surface area contributed by atoms with Gasteiger partial charge in [0.25, 0.3) is 0 Å². The molecule has 24 heavy (non-hydrogen) atoms. The molecule has 0 spiro atoms. The fourth-order valence-corrected chi connectivity index (χ4v) is 3.67. The minimum Gasteiger partial charge on any atom is -0.508 e. The van der Waals surface area contributed by atoms with Gasteiger partial charge < -0.3 is 10.2 Å². The van der Waals surface area contributed by atoms with Crippen LogP contribution in [-0.2, 0) is 10.8 Å². The average Bonchev–Trinajstić information content (AvgIpc) is 2.41. The Labute approximate surface area is 162 Å². The van der Waals surface area contributed by atoms with E-state index in [0.717, 1.165) is 15.6 Å². The van der Waals surface area contributed by atoms with Gasteiger partial charge in [-0.1, -0.05) is 69.6 Å². The lowest BCUT2D eigenvalue weighted by Gasteiger charge is -2.21. The third-order valence-electron chi connectivity index (χ3n) is 3.56. The van der Waals surface area contributed by atoms with E-state index < -0.39 is 0 Å². The van der Waals surface area contributed by atoms with Crippen LogP contribution in [0.4, 0.5) is 0 Å². The van der Waals surface area contributed by atoms with E-state index in [1.807, 2.05) is 18.2 Å². The van der Waals surface area contributed by atoms with E-state index in [2.05, 4.69) is 73.4 Å². The molecule has 2 rings (SSSR count). The van der Waals surface area contributed by atoms with Crippen LogP contribution in [0.1, 0.15) is 52.7 Å². The van der Waals surface area contributed by atoms with Gasteiger partial charge in [0.1, 0.15) is 11.5 Å². The summed E-state index contributed by atoms with van der Waals surface area (Å²) >= 11 is 6.74. The number of halogens is 2. The summed E-state index contributed by atoms with van der Waals surface area (Å²) in [5, 5.41) is 18.7. The van der Waals surface area contributed by atoms with Crippen LogP contribution in [0.5, 0.6) is 11.5 Å². The monoisotopic (exact) mass is 456 g/mol. The molecular formula is C20H26Br2O2. The van der Waals surface area contributed by atoms with Crippen molar-refractivity contribution in [1.29, 1.82) is 0 Å². The highest BCUT2D eigenvalue weighted by atomic mass is 79.9. The van der Waals surface area contributed by atoms with E-state index in [1.165, 1.54) is 0 Å². The molecular weight excluding hydrogens is 432 g/mol. The van der Waals surface area contributed by atoms with Crippen molar-refractivity contribution in [3.63, 3.8) is 0 Å². The van der Waals surface area contributed by atoms with Crippen LogP contribution in [0, 0.1) is 0 Å². The van der Waals surface area contributed by atoms with Crippen molar-refractivity contribution >= 4 is 31.9 Å². The van der Waals surface area contributed by atoms with Crippen LogP contribution < -0.4 is 0 Å². The second-order valence-electron chi connectivity index (χ2n) is 7.83. The van der Waals surface area contributed by atoms with E-state index in [1.54, 1.807) is 18.2 Å². The fraction of sp³-hybridized carbons (Fsp3) is 0.400. The second kappa shape index (κ2) is 7.92. The predicted octanol–water partition coefficient (Wildman–Crippen LogP) is 6.90. The molecule has 0 bridgehead atoms. The third kappa shape index (κ3) is 6.14. The molecule has 0 aliphatic heterocycles.